The minimum Gasteiger partial charge on any atom is -0.475 e. The van der Waals surface area contributed by atoms with Crippen LogP contribution < -0.4 is 0 Å². The maximum Gasteiger partial charge on any atom is 0.377 e. The highest BCUT2D eigenvalue weighted by Gasteiger charge is 2.18. The zero-order valence-corrected chi connectivity index (χ0v) is 8.93. The van der Waals surface area contributed by atoms with E-state index in [4.69, 9.17) is 16.7 Å². The molecule has 0 spiro atoms. The van der Waals surface area contributed by atoms with Crippen molar-refractivity contribution in [1.29, 1.82) is 0 Å². The highest BCUT2D eigenvalue weighted by atomic mass is 35.5. The molecule has 1 N–H and O–H groups in total. The molecular weight excluding hydrogens is 236 g/mol. The summed E-state index contributed by atoms with van der Waals surface area (Å²) >= 11 is 7.10. The van der Waals surface area contributed by atoms with Crippen LogP contribution in [-0.2, 0) is 4.79 Å². The van der Waals surface area contributed by atoms with Crippen LogP contribution in [0.15, 0.2) is 23.6 Å². The summed E-state index contributed by atoms with van der Waals surface area (Å²) in [5.41, 5.74) is 0.199. The van der Waals surface area contributed by atoms with Crippen molar-refractivity contribution in [3.8, 4) is 0 Å². The molecule has 0 aliphatic carbocycles. The number of carboxylic acid groups (broad SMARTS) is 1. The Kier molecular flexibility index (Phi) is 2.46. The van der Waals surface area contributed by atoms with E-state index in [1.165, 1.54) is 16.7 Å². The van der Waals surface area contributed by atoms with Gasteiger partial charge in [0, 0.05) is 26.1 Å². The Morgan fingerprint density at radius 3 is 2.73 bits per heavy atom. The van der Waals surface area contributed by atoms with Crippen molar-refractivity contribution in [2.24, 2.45) is 0 Å². The van der Waals surface area contributed by atoms with Gasteiger partial charge in [-0.25, -0.2) is 4.79 Å². The second kappa shape index (κ2) is 3.64. The molecule has 0 fully saturated rings. The molecule has 1 heterocycles. The van der Waals surface area contributed by atoms with Crippen LogP contribution in [0.4, 0.5) is 0 Å². The van der Waals surface area contributed by atoms with Crippen molar-refractivity contribution >= 4 is 44.8 Å². The van der Waals surface area contributed by atoms with Crippen LogP contribution in [0.2, 0.25) is 5.02 Å². The number of benzene rings is 1. The molecule has 0 amide bonds. The average Bonchev–Trinajstić information content (AvgIpc) is 2.59. The van der Waals surface area contributed by atoms with E-state index in [2.05, 4.69) is 0 Å². The van der Waals surface area contributed by atoms with Gasteiger partial charge in [-0.15, -0.1) is 11.3 Å². The van der Waals surface area contributed by atoms with E-state index in [1.54, 1.807) is 18.2 Å². The highest BCUT2D eigenvalue weighted by Crippen LogP contribution is 2.28. The van der Waals surface area contributed by atoms with E-state index in [9.17, 15) is 9.59 Å². The summed E-state index contributed by atoms with van der Waals surface area (Å²) < 4.78 is 0.851. The SMILES string of the molecule is O=C(O)C(=O)c1csc2ccc(Cl)cc12. The minimum atomic E-state index is -1.45. The quantitative estimate of drug-likeness (QED) is 0.649. The number of carbonyl (C=O) groups is 2. The van der Waals surface area contributed by atoms with E-state index in [0.29, 0.717) is 10.4 Å². The van der Waals surface area contributed by atoms with Gasteiger partial charge >= 0.3 is 5.97 Å². The van der Waals surface area contributed by atoms with Gasteiger partial charge in [-0.05, 0) is 18.2 Å². The summed E-state index contributed by atoms with van der Waals surface area (Å²) in [5, 5.41) is 11.2. The van der Waals surface area contributed by atoms with Crippen LogP contribution in [0.1, 0.15) is 10.4 Å². The Balaban J connectivity index is 2.67. The number of fused-ring (bicyclic) bond motifs is 1. The molecular formula is C10H5ClO3S. The van der Waals surface area contributed by atoms with Gasteiger partial charge < -0.3 is 5.11 Å². The number of Topliss-reactive ketones (excluding diaryl/α,β-unsaturated/α-hetero) is 1. The number of ketones is 1. The van der Waals surface area contributed by atoms with Crippen molar-refractivity contribution < 1.29 is 14.7 Å². The standard InChI is InChI=1S/C10H5ClO3S/c11-5-1-2-8-6(3-5)7(4-15-8)9(12)10(13)14/h1-4H,(H,13,14). The molecule has 0 aliphatic heterocycles. The third-order valence-corrected chi connectivity index (χ3v) is 3.17. The van der Waals surface area contributed by atoms with Gasteiger partial charge in [-0.3, -0.25) is 4.79 Å². The molecule has 0 atom stereocenters. The zero-order valence-electron chi connectivity index (χ0n) is 7.36. The molecule has 0 radical (unpaired) electrons. The molecule has 15 heavy (non-hydrogen) atoms. The summed E-state index contributed by atoms with van der Waals surface area (Å²) in [7, 11) is 0. The van der Waals surface area contributed by atoms with Crippen LogP contribution in [0.5, 0.6) is 0 Å². The lowest BCUT2D eigenvalue weighted by molar-refractivity contribution is -0.131. The number of hydrogen-bond acceptors (Lipinski definition) is 3. The van der Waals surface area contributed by atoms with Crippen molar-refractivity contribution in [1.82, 2.24) is 0 Å². The normalized spacial score (nSPS) is 10.5. The third kappa shape index (κ3) is 1.73. The molecule has 0 saturated carbocycles. The van der Waals surface area contributed by atoms with Gasteiger partial charge in [0.2, 0.25) is 0 Å². The third-order valence-electron chi connectivity index (χ3n) is 1.97. The van der Waals surface area contributed by atoms with Gasteiger partial charge in [0.15, 0.2) is 0 Å². The van der Waals surface area contributed by atoms with Gasteiger partial charge in [-0.1, -0.05) is 11.6 Å². The van der Waals surface area contributed by atoms with Crippen LogP contribution >= 0.6 is 22.9 Å². The van der Waals surface area contributed by atoms with Gasteiger partial charge in [-0.2, -0.15) is 0 Å². The highest BCUT2D eigenvalue weighted by molar-refractivity contribution is 7.17. The van der Waals surface area contributed by atoms with E-state index in [1.807, 2.05) is 0 Å². The molecule has 0 saturated heterocycles. The summed E-state index contributed by atoms with van der Waals surface area (Å²) in [6, 6.07) is 5.07. The van der Waals surface area contributed by atoms with Crippen LogP contribution in [0, 0.1) is 0 Å². The fourth-order valence-electron chi connectivity index (χ4n) is 1.29. The Morgan fingerprint density at radius 2 is 2.07 bits per heavy atom. The lowest BCUT2D eigenvalue weighted by atomic mass is 10.1. The fourth-order valence-corrected chi connectivity index (χ4v) is 2.39. The Bertz CT molecular complexity index is 559. The van der Waals surface area contributed by atoms with Crippen molar-refractivity contribution in [2.75, 3.05) is 0 Å². The zero-order chi connectivity index (χ0) is 11.0. The molecule has 0 aliphatic rings. The Hall–Kier alpha value is -1.39. The van der Waals surface area contributed by atoms with E-state index >= 15 is 0 Å². The largest absolute Gasteiger partial charge is 0.475 e. The van der Waals surface area contributed by atoms with Gasteiger partial charge in [0.1, 0.15) is 0 Å². The summed E-state index contributed by atoms with van der Waals surface area (Å²) in [6.07, 6.45) is 0. The molecule has 1 aromatic carbocycles. The first kappa shape index (κ1) is 10.1. The first-order valence-electron chi connectivity index (χ1n) is 4.04. The lowest BCUT2D eigenvalue weighted by Gasteiger charge is -1.94. The van der Waals surface area contributed by atoms with Gasteiger partial charge in [0.05, 0.1) is 0 Å². The number of carboxylic acids is 1. The maximum absolute atomic E-state index is 11.3. The van der Waals surface area contributed by atoms with Crippen molar-refractivity contribution in [3.05, 3.63) is 34.2 Å². The molecule has 3 nitrogen and oxygen atoms in total. The topological polar surface area (TPSA) is 54.4 Å². The fraction of sp³-hybridized carbons (Fsp3) is 0. The number of thiophene rings is 1. The molecule has 0 bridgehead atoms. The van der Waals surface area contributed by atoms with Crippen molar-refractivity contribution in [2.45, 2.75) is 0 Å². The lowest BCUT2D eigenvalue weighted by Crippen LogP contribution is -2.11. The summed E-state index contributed by atoms with van der Waals surface area (Å²) in [4.78, 5) is 21.8. The molecule has 5 heteroatoms. The molecule has 2 aromatic rings. The monoisotopic (exact) mass is 240 g/mol. The minimum absolute atomic E-state index is 0.199. The molecule has 76 valence electrons. The molecule has 0 unspecified atom stereocenters. The summed E-state index contributed by atoms with van der Waals surface area (Å²) in [6.45, 7) is 0. The molecule has 1 aromatic heterocycles. The number of carbonyl (C=O) groups excluding carboxylic acids is 1. The predicted octanol–water partition coefficient (Wildman–Crippen LogP) is 2.82. The smallest absolute Gasteiger partial charge is 0.377 e. The van der Waals surface area contributed by atoms with Crippen molar-refractivity contribution in [3.63, 3.8) is 0 Å². The first-order valence-corrected chi connectivity index (χ1v) is 5.29. The predicted molar refractivity (Wildman–Crippen MR) is 58.8 cm³/mol. The maximum atomic E-state index is 11.3. The van der Waals surface area contributed by atoms with Crippen LogP contribution in [-0.4, -0.2) is 16.9 Å². The van der Waals surface area contributed by atoms with Crippen LogP contribution in [0.3, 0.4) is 0 Å². The van der Waals surface area contributed by atoms with E-state index in [0.717, 1.165) is 4.70 Å². The van der Waals surface area contributed by atoms with Gasteiger partial charge in [0.25, 0.3) is 5.78 Å². The number of halogens is 1. The second-order valence-electron chi connectivity index (χ2n) is 2.92. The number of rotatable bonds is 2. The first-order chi connectivity index (χ1) is 7.09. The Labute approximate surface area is 93.9 Å². The average molecular weight is 241 g/mol. The Morgan fingerprint density at radius 1 is 1.33 bits per heavy atom. The number of aliphatic carboxylic acids is 1. The second-order valence-corrected chi connectivity index (χ2v) is 4.27. The summed E-state index contributed by atoms with van der Waals surface area (Å²) in [5.74, 6) is -2.35. The molecule has 2 rings (SSSR count). The number of hydrogen-bond donors (Lipinski definition) is 1. The van der Waals surface area contributed by atoms with Crippen LogP contribution in [0.25, 0.3) is 10.1 Å². The van der Waals surface area contributed by atoms with E-state index in [-0.39, 0.29) is 5.56 Å². The van der Waals surface area contributed by atoms with E-state index < -0.39 is 11.8 Å².